The Bertz CT molecular complexity index is 847. The molecular weight excluding hydrogens is 391 g/mol. The zero-order valence-corrected chi connectivity index (χ0v) is 16.3. The molecule has 0 spiro atoms. The molecule has 0 bridgehead atoms. The number of hydrogen-bond donors (Lipinski definition) is 1. The second-order valence-corrected chi connectivity index (χ2v) is 7.33. The third kappa shape index (κ3) is 4.61. The summed E-state index contributed by atoms with van der Waals surface area (Å²) < 4.78 is 1.40. The first kappa shape index (κ1) is 19.7. The van der Waals surface area contributed by atoms with Crippen LogP contribution in [-0.2, 0) is 11.3 Å². The molecule has 1 unspecified atom stereocenters. The standard InChI is InChI=1S/C18H20Cl2N4O3/c1-12(24-5-4-16(21-24)18(26)27)17(25)23-8-6-22(7-9-23)11-13-2-3-14(19)15(20)10-13/h2-5,10,12H,6-9,11H2,1H3,(H,26,27). The topological polar surface area (TPSA) is 78.7 Å². The van der Waals surface area contributed by atoms with Gasteiger partial charge in [-0.1, -0.05) is 29.3 Å². The van der Waals surface area contributed by atoms with Gasteiger partial charge in [0, 0.05) is 38.9 Å². The highest BCUT2D eigenvalue weighted by molar-refractivity contribution is 6.42. The monoisotopic (exact) mass is 410 g/mol. The number of aromatic carboxylic acids is 1. The van der Waals surface area contributed by atoms with E-state index in [1.165, 1.54) is 16.9 Å². The molecule has 2 aromatic rings. The second-order valence-electron chi connectivity index (χ2n) is 6.51. The van der Waals surface area contributed by atoms with E-state index in [-0.39, 0.29) is 11.6 Å². The van der Waals surface area contributed by atoms with Gasteiger partial charge in [-0.15, -0.1) is 0 Å². The quantitative estimate of drug-likeness (QED) is 0.819. The van der Waals surface area contributed by atoms with Crippen molar-refractivity contribution in [1.82, 2.24) is 19.6 Å². The number of halogens is 2. The van der Waals surface area contributed by atoms with Gasteiger partial charge in [-0.25, -0.2) is 4.79 Å². The number of carboxylic acids is 1. The van der Waals surface area contributed by atoms with Gasteiger partial charge in [0.25, 0.3) is 0 Å². The number of benzene rings is 1. The average molecular weight is 411 g/mol. The first-order chi connectivity index (χ1) is 12.8. The summed E-state index contributed by atoms with van der Waals surface area (Å²) in [6, 6.07) is 6.45. The Morgan fingerprint density at radius 2 is 1.85 bits per heavy atom. The van der Waals surface area contributed by atoms with E-state index in [2.05, 4.69) is 10.00 Å². The summed E-state index contributed by atoms with van der Waals surface area (Å²) in [4.78, 5) is 27.7. The molecular formula is C18H20Cl2N4O3. The maximum atomic E-state index is 12.7. The Hall–Kier alpha value is -2.09. The maximum Gasteiger partial charge on any atom is 0.356 e. The lowest BCUT2D eigenvalue weighted by Gasteiger charge is -2.36. The van der Waals surface area contributed by atoms with Crippen molar-refractivity contribution < 1.29 is 14.7 Å². The SMILES string of the molecule is CC(C(=O)N1CCN(Cc2ccc(Cl)c(Cl)c2)CC1)n1ccc(C(=O)O)n1. The van der Waals surface area contributed by atoms with Crippen molar-refractivity contribution in [3.63, 3.8) is 0 Å². The summed E-state index contributed by atoms with van der Waals surface area (Å²) in [5, 5.41) is 14.0. The molecule has 1 aliphatic rings. The lowest BCUT2D eigenvalue weighted by Crippen LogP contribution is -2.50. The fourth-order valence-electron chi connectivity index (χ4n) is 3.07. The number of nitrogens with zero attached hydrogens (tertiary/aromatic N) is 4. The van der Waals surface area contributed by atoms with Crippen LogP contribution in [0.4, 0.5) is 0 Å². The number of carbonyl (C=O) groups excluding carboxylic acids is 1. The summed E-state index contributed by atoms with van der Waals surface area (Å²) in [6.07, 6.45) is 1.52. The molecule has 1 fully saturated rings. The molecule has 1 aromatic carbocycles. The maximum absolute atomic E-state index is 12.7. The molecule has 1 aromatic heterocycles. The minimum Gasteiger partial charge on any atom is -0.476 e. The predicted octanol–water partition coefficient (Wildman–Crippen LogP) is 2.79. The molecule has 3 rings (SSSR count). The van der Waals surface area contributed by atoms with Crippen molar-refractivity contribution >= 4 is 35.1 Å². The Balaban J connectivity index is 1.55. The highest BCUT2D eigenvalue weighted by atomic mass is 35.5. The summed E-state index contributed by atoms with van der Waals surface area (Å²) in [6.45, 7) is 5.18. The first-order valence-electron chi connectivity index (χ1n) is 8.58. The van der Waals surface area contributed by atoms with E-state index >= 15 is 0 Å². The van der Waals surface area contributed by atoms with Crippen LogP contribution in [0.25, 0.3) is 0 Å². The van der Waals surface area contributed by atoms with Crippen LogP contribution in [0.5, 0.6) is 0 Å². The number of rotatable bonds is 5. The first-order valence-corrected chi connectivity index (χ1v) is 9.34. The van der Waals surface area contributed by atoms with Gasteiger partial charge in [0.1, 0.15) is 6.04 Å². The van der Waals surface area contributed by atoms with Crippen molar-refractivity contribution in [2.75, 3.05) is 26.2 Å². The molecule has 1 amide bonds. The van der Waals surface area contributed by atoms with Crippen LogP contribution >= 0.6 is 23.2 Å². The van der Waals surface area contributed by atoms with Crippen LogP contribution in [0.3, 0.4) is 0 Å². The van der Waals surface area contributed by atoms with E-state index in [1.54, 1.807) is 17.9 Å². The lowest BCUT2D eigenvalue weighted by molar-refractivity contribution is -0.136. The molecule has 1 saturated heterocycles. The molecule has 9 heteroatoms. The summed E-state index contributed by atoms with van der Waals surface area (Å²) in [5.74, 6) is -1.17. The number of hydrogen-bond acceptors (Lipinski definition) is 4. The Labute approximate surface area is 167 Å². The number of carbonyl (C=O) groups is 2. The number of aromatic nitrogens is 2. The van der Waals surface area contributed by atoms with Crippen LogP contribution in [0, 0.1) is 0 Å². The molecule has 0 aliphatic carbocycles. The molecule has 144 valence electrons. The smallest absolute Gasteiger partial charge is 0.356 e. The highest BCUT2D eigenvalue weighted by Crippen LogP contribution is 2.23. The summed E-state index contributed by atoms with van der Waals surface area (Å²) in [5.41, 5.74) is 1.01. The largest absolute Gasteiger partial charge is 0.476 e. The fourth-order valence-corrected chi connectivity index (χ4v) is 3.39. The van der Waals surface area contributed by atoms with Gasteiger partial charge in [0.05, 0.1) is 10.0 Å². The van der Waals surface area contributed by atoms with Crippen molar-refractivity contribution in [1.29, 1.82) is 0 Å². The molecule has 0 saturated carbocycles. The third-order valence-electron chi connectivity index (χ3n) is 4.66. The van der Waals surface area contributed by atoms with Crippen LogP contribution < -0.4 is 0 Å². The third-order valence-corrected chi connectivity index (χ3v) is 5.39. The van der Waals surface area contributed by atoms with E-state index in [4.69, 9.17) is 28.3 Å². The Kier molecular flexibility index (Phi) is 6.04. The van der Waals surface area contributed by atoms with E-state index < -0.39 is 12.0 Å². The Morgan fingerprint density at radius 3 is 2.44 bits per heavy atom. The summed E-state index contributed by atoms with van der Waals surface area (Å²) in [7, 11) is 0. The molecule has 0 radical (unpaired) electrons. The zero-order chi connectivity index (χ0) is 19.6. The van der Waals surface area contributed by atoms with E-state index in [0.717, 1.165) is 25.2 Å². The van der Waals surface area contributed by atoms with Gasteiger partial charge < -0.3 is 10.0 Å². The van der Waals surface area contributed by atoms with Crippen LogP contribution in [-0.4, -0.2) is 62.7 Å². The summed E-state index contributed by atoms with van der Waals surface area (Å²) >= 11 is 12.0. The average Bonchev–Trinajstić information content (AvgIpc) is 3.15. The number of amides is 1. The number of carboxylic acid groups (broad SMARTS) is 1. The van der Waals surface area contributed by atoms with Crippen molar-refractivity contribution in [2.24, 2.45) is 0 Å². The molecule has 1 atom stereocenters. The molecule has 1 N–H and O–H groups in total. The lowest BCUT2D eigenvalue weighted by atomic mass is 10.2. The van der Waals surface area contributed by atoms with Gasteiger partial charge in [0.2, 0.25) is 5.91 Å². The van der Waals surface area contributed by atoms with Gasteiger partial charge in [-0.2, -0.15) is 5.10 Å². The van der Waals surface area contributed by atoms with Crippen LogP contribution in [0.2, 0.25) is 10.0 Å². The van der Waals surface area contributed by atoms with Crippen LogP contribution in [0.15, 0.2) is 30.5 Å². The molecule has 7 nitrogen and oxygen atoms in total. The van der Waals surface area contributed by atoms with Gasteiger partial charge in [-0.05, 0) is 30.7 Å². The van der Waals surface area contributed by atoms with Crippen LogP contribution in [0.1, 0.15) is 29.0 Å². The number of piperazine rings is 1. The molecule has 2 heterocycles. The Morgan fingerprint density at radius 1 is 1.15 bits per heavy atom. The normalized spacial score (nSPS) is 16.3. The van der Waals surface area contributed by atoms with Gasteiger partial charge in [0.15, 0.2) is 5.69 Å². The van der Waals surface area contributed by atoms with Gasteiger partial charge >= 0.3 is 5.97 Å². The second kappa shape index (κ2) is 8.29. The minimum atomic E-state index is -1.11. The fraction of sp³-hybridized carbons (Fsp3) is 0.389. The van der Waals surface area contributed by atoms with Crippen molar-refractivity contribution in [3.8, 4) is 0 Å². The minimum absolute atomic E-state index is 0.0655. The van der Waals surface area contributed by atoms with Crippen molar-refractivity contribution in [2.45, 2.75) is 19.5 Å². The molecule has 1 aliphatic heterocycles. The van der Waals surface area contributed by atoms with Crippen molar-refractivity contribution in [3.05, 3.63) is 51.8 Å². The predicted molar refractivity (Wildman–Crippen MR) is 102 cm³/mol. The molecule has 27 heavy (non-hydrogen) atoms. The van der Waals surface area contributed by atoms with Gasteiger partial charge in [-0.3, -0.25) is 14.4 Å². The van der Waals surface area contributed by atoms with E-state index in [9.17, 15) is 9.59 Å². The van der Waals surface area contributed by atoms with E-state index in [0.29, 0.717) is 23.1 Å². The highest BCUT2D eigenvalue weighted by Gasteiger charge is 2.26. The van der Waals surface area contributed by atoms with E-state index in [1.807, 2.05) is 12.1 Å². The zero-order valence-electron chi connectivity index (χ0n) is 14.8.